The summed E-state index contributed by atoms with van der Waals surface area (Å²) in [5.74, 6) is 1.94. The van der Waals surface area contributed by atoms with Gasteiger partial charge < -0.3 is 13.9 Å². The van der Waals surface area contributed by atoms with Crippen molar-refractivity contribution >= 4 is 21.8 Å². The molecule has 11 rings (SSSR count). The van der Waals surface area contributed by atoms with Crippen LogP contribution in [0.4, 0.5) is 0 Å². The van der Waals surface area contributed by atoms with Gasteiger partial charge in [-0.15, -0.1) is 35.2 Å². The molecule has 0 N–H and O–H groups in total. The number of rotatable bonds is 11. The van der Waals surface area contributed by atoms with Crippen LogP contribution in [0.3, 0.4) is 0 Å². The van der Waals surface area contributed by atoms with E-state index in [0.717, 1.165) is 61.4 Å². The Hall–Kier alpha value is -7.59. The van der Waals surface area contributed by atoms with E-state index >= 15 is 0 Å². The minimum Gasteiger partial charge on any atom is -0.510 e. The standard InChI is InChI=1S/C66H56N4O.Pt/c1-64(2,3)52-38-53(66(6,7)50-28-18-11-19-29-50)40-55(39-52)69-45-68(44-62(69)47-24-14-9-15-25-47)54-36-48(46-22-12-8-13-23-46)37-57(42-54)71-56-32-33-59-58-30-20-21-31-60(58)70(61(59)43-56)63-41-51(34-35-67-63)65(4,5)49-26-16-10-17-27-49;/h8-41,44H,1-7H3;/q-2;. The first-order valence-electron chi connectivity index (χ1n) is 24.4. The first kappa shape index (κ1) is 48.1. The van der Waals surface area contributed by atoms with E-state index in [1.54, 1.807) is 0 Å². The van der Waals surface area contributed by atoms with E-state index in [0.29, 0.717) is 11.5 Å². The van der Waals surface area contributed by atoms with Crippen molar-refractivity contribution in [1.82, 2.24) is 14.1 Å². The third kappa shape index (κ3) is 9.15. The van der Waals surface area contributed by atoms with Crippen molar-refractivity contribution in [2.45, 2.75) is 64.7 Å². The number of imidazole rings is 1. The minimum atomic E-state index is -0.258. The fourth-order valence-corrected chi connectivity index (χ4v) is 9.81. The summed E-state index contributed by atoms with van der Waals surface area (Å²) in [6.07, 6.45) is 7.87. The molecule has 3 aromatic heterocycles. The van der Waals surface area contributed by atoms with Gasteiger partial charge in [0.2, 0.25) is 0 Å². The molecule has 8 aromatic carbocycles. The van der Waals surface area contributed by atoms with Gasteiger partial charge in [0.1, 0.15) is 5.82 Å². The van der Waals surface area contributed by atoms with E-state index in [1.807, 2.05) is 22.9 Å². The van der Waals surface area contributed by atoms with Crippen molar-refractivity contribution in [1.29, 1.82) is 0 Å². The second-order valence-corrected chi connectivity index (χ2v) is 20.6. The summed E-state index contributed by atoms with van der Waals surface area (Å²) in [7, 11) is 0. The minimum absolute atomic E-state index is 0. The summed E-state index contributed by atoms with van der Waals surface area (Å²) >= 11 is 0. The van der Waals surface area contributed by atoms with Gasteiger partial charge in [0, 0.05) is 61.3 Å². The maximum atomic E-state index is 6.91. The van der Waals surface area contributed by atoms with Gasteiger partial charge in [0.15, 0.2) is 0 Å². The van der Waals surface area contributed by atoms with Gasteiger partial charge in [-0.05, 0) is 85.8 Å². The van der Waals surface area contributed by atoms with Gasteiger partial charge in [-0.1, -0.05) is 200 Å². The van der Waals surface area contributed by atoms with E-state index < -0.39 is 0 Å². The molecule has 72 heavy (non-hydrogen) atoms. The van der Waals surface area contributed by atoms with E-state index in [2.05, 4.69) is 270 Å². The number of benzene rings is 8. The fraction of sp³-hybridized carbons (Fsp3) is 0.152. The summed E-state index contributed by atoms with van der Waals surface area (Å²) in [5.41, 5.74) is 13.4. The van der Waals surface area contributed by atoms with Crippen LogP contribution in [0.5, 0.6) is 11.5 Å². The molecule has 0 aliphatic heterocycles. The summed E-state index contributed by atoms with van der Waals surface area (Å²) in [5, 5.41) is 2.19. The molecule has 0 aliphatic carbocycles. The Morgan fingerprint density at radius 2 is 1.08 bits per heavy atom. The van der Waals surface area contributed by atoms with Crippen LogP contribution in [0.1, 0.15) is 76.3 Å². The van der Waals surface area contributed by atoms with Gasteiger partial charge in [0.25, 0.3) is 6.33 Å². The largest absolute Gasteiger partial charge is 0.510 e. The normalized spacial score (nSPS) is 12.0. The van der Waals surface area contributed by atoms with Crippen molar-refractivity contribution in [2.24, 2.45) is 0 Å². The third-order valence-corrected chi connectivity index (χ3v) is 14.2. The Morgan fingerprint density at radius 3 is 1.75 bits per heavy atom. The van der Waals surface area contributed by atoms with Gasteiger partial charge in [-0.3, -0.25) is 4.57 Å². The van der Waals surface area contributed by atoms with Crippen LogP contribution in [0.15, 0.2) is 213 Å². The average Bonchev–Trinajstić information content (AvgIpc) is 4.00. The Kier molecular flexibility index (Phi) is 12.8. The molecule has 5 nitrogen and oxygen atoms in total. The third-order valence-electron chi connectivity index (χ3n) is 14.2. The van der Waals surface area contributed by atoms with Gasteiger partial charge in [0.05, 0.1) is 11.4 Å². The Morgan fingerprint density at radius 1 is 0.486 bits per heavy atom. The molecule has 0 saturated heterocycles. The van der Waals surface area contributed by atoms with Crippen molar-refractivity contribution < 1.29 is 30.4 Å². The van der Waals surface area contributed by atoms with E-state index in [9.17, 15) is 0 Å². The molecule has 6 heteroatoms. The quantitative estimate of drug-likeness (QED) is 0.0956. The number of fused-ring (bicyclic) bond motifs is 3. The zero-order chi connectivity index (χ0) is 48.9. The molecule has 358 valence electrons. The number of nitrogens with zero attached hydrogens (tertiary/aromatic N) is 4. The molecule has 0 bridgehead atoms. The Bertz CT molecular complexity index is 3700. The average molecular weight is 1120 g/mol. The van der Waals surface area contributed by atoms with Crippen molar-refractivity contribution in [3.05, 3.63) is 259 Å². The van der Waals surface area contributed by atoms with E-state index in [1.165, 1.54) is 27.8 Å². The van der Waals surface area contributed by atoms with E-state index in [-0.39, 0.29) is 37.3 Å². The molecule has 0 spiro atoms. The van der Waals surface area contributed by atoms with Crippen LogP contribution in [0.25, 0.3) is 61.4 Å². The fourth-order valence-electron chi connectivity index (χ4n) is 9.81. The van der Waals surface area contributed by atoms with E-state index in [4.69, 9.17) is 9.72 Å². The summed E-state index contributed by atoms with van der Waals surface area (Å²) in [6.45, 7) is 16.0. The van der Waals surface area contributed by atoms with Crippen LogP contribution < -0.4 is 9.30 Å². The van der Waals surface area contributed by atoms with Crippen molar-refractivity contribution in [3.63, 3.8) is 0 Å². The summed E-state index contributed by atoms with van der Waals surface area (Å²) in [6, 6.07) is 78.0. The molecular weight excluding hydrogens is 1060 g/mol. The van der Waals surface area contributed by atoms with Crippen molar-refractivity contribution in [2.75, 3.05) is 0 Å². The Balaban J connectivity index is 0.00000596. The molecule has 0 atom stereocenters. The molecule has 0 fully saturated rings. The van der Waals surface area contributed by atoms with Gasteiger partial charge in [-0.2, -0.15) is 12.1 Å². The van der Waals surface area contributed by atoms with Crippen LogP contribution >= 0.6 is 0 Å². The number of pyridine rings is 1. The molecule has 0 radical (unpaired) electrons. The van der Waals surface area contributed by atoms with Crippen LogP contribution in [-0.2, 0) is 37.3 Å². The Labute approximate surface area is 438 Å². The summed E-state index contributed by atoms with van der Waals surface area (Å²) in [4.78, 5) is 4.98. The zero-order valence-corrected chi connectivity index (χ0v) is 44.0. The topological polar surface area (TPSA) is 35.9 Å². The molecule has 3 heterocycles. The van der Waals surface area contributed by atoms with Gasteiger partial charge in [-0.25, -0.2) is 4.98 Å². The first-order chi connectivity index (χ1) is 34.3. The van der Waals surface area contributed by atoms with Crippen LogP contribution in [-0.4, -0.2) is 14.1 Å². The number of para-hydroxylation sites is 1. The second-order valence-electron chi connectivity index (χ2n) is 20.6. The monoisotopic (exact) mass is 1120 g/mol. The zero-order valence-electron chi connectivity index (χ0n) is 41.7. The number of hydrogen-bond acceptors (Lipinski definition) is 2. The molecule has 11 aromatic rings. The summed E-state index contributed by atoms with van der Waals surface area (Å²) < 4.78 is 13.4. The first-order valence-corrected chi connectivity index (χ1v) is 24.4. The maximum absolute atomic E-state index is 6.91. The number of hydrogen-bond donors (Lipinski definition) is 0. The van der Waals surface area contributed by atoms with Gasteiger partial charge >= 0.3 is 0 Å². The predicted molar refractivity (Wildman–Crippen MR) is 289 cm³/mol. The van der Waals surface area contributed by atoms with Crippen LogP contribution in [0.2, 0.25) is 0 Å². The molecule has 0 aliphatic rings. The second kappa shape index (κ2) is 19.2. The molecular formula is C66H56N4OPt-2. The predicted octanol–water partition coefficient (Wildman–Crippen LogP) is 15.7. The smallest absolute Gasteiger partial charge is 0.267 e. The van der Waals surface area contributed by atoms with Crippen LogP contribution in [0, 0.1) is 18.5 Å². The molecule has 0 saturated carbocycles. The number of ether oxygens (including phenoxy) is 1. The number of aromatic nitrogens is 4. The molecule has 0 unspecified atom stereocenters. The molecule has 0 amide bonds. The SMILES string of the molecule is CC(C)(C)c1cc(-[n+]2[c-]n(-c3[c-]c(Oc4[c-]c5c(cc4)c4ccccc4n5-c4cc(C(C)(C)c5ccccc5)ccn4)cc(-c4ccccc4)c3)cc2-c2ccccc2)cc(C(C)(C)c2ccccc2)c1.[Pt]. The van der Waals surface area contributed by atoms with Crippen molar-refractivity contribution in [3.8, 4) is 51.1 Å². The maximum Gasteiger partial charge on any atom is 0.267 e.